The molecule has 1 rings (SSSR count). The van der Waals surface area contributed by atoms with Crippen molar-refractivity contribution < 1.29 is 23.8 Å². The summed E-state index contributed by atoms with van der Waals surface area (Å²) in [4.78, 5) is 22.5. The molecule has 0 bridgehead atoms. The Morgan fingerprint density at radius 2 is 2.16 bits per heavy atom. The molecule has 6 nitrogen and oxygen atoms in total. The maximum atomic E-state index is 11.6. The van der Waals surface area contributed by atoms with Gasteiger partial charge in [0.2, 0.25) is 5.76 Å². The second-order valence-electron chi connectivity index (χ2n) is 4.67. The van der Waals surface area contributed by atoms with E-state index in [0.29, 0.717) is 17.9 Å². The van der Waals surface area contributed by atoms with Crippen molar-refractivity contribution in [2.45, 2.75) is 32.9 Å². The van der Waals surface area contributed by atoms with Crippen molar-refractivity contribution in [1.82, 2.24) is 5.32 Å². The van der Waals surface area contributed by atoms with E-state index in [4.69, 9.17) is 14.3 Å². The normalized spacial score (nSPS) is 12.4. The molecule has 0 fully saturated rings. The fourth-order valence-corrected chi connectivity index (χ4v) is 1.77. The van der Waals surface area contributed by atoms with Crippen LogP contribution in [0.2, 0.25) is 0 Å². The number of furan rings is 1. The number of hydrogen-bond acceptors (Lipinski definition) is 5. The van der Waals surface area contributed by atoms with Crippen molar-refractivity contribution in [3.63, 3.8) is 0 Å². The third-order valence-corrected chi connectivity index (χ3v) is 2.67. The number of esters is 1. The van der Waals surface area contributed by atoms with E-state index < -0.39 is 12.0 Å². The number of aromatic carboxylic acids is 1. The second-order valence-corrected chi connectivity index (χ2v) is 4.67. The first-order chi connectivity index (χ1) is 8.95. The SMILES string of the molecule is COC(=O)C(CC(C)C)NCc1ccoc1C(=O)O. The zero-order chi connectivity index (χ0) is 14.4. The molecule has 1 atom stereocenters. The van der Waals surface area contributed by atoms with Crippen LogP contribution in [0.15, 0.2) is 16.7 Å². The van der Waals surface area contributed by atoms with Gasteiger partial charge in [-0.3, -0.25) is 4.79 Å². The Balaban J connectivity index is 2.67. The van der Waals surface area contributed by atoms with Gasteiger partial charge in [0.1, 0.15) is 6.04 Å². The van der Waals surface area contributed by atoms with Crippen LogP contribution in [0.4, 0.5) is 0 Å². The Morgan fingerprint density at radius 3 is 2.68 bits per heavy atom. The molecule has 0 saturated carbocycles. The van der Waals surface area contributed by atoms with Gasteiger partial charge in [0.15, 0.2) is 0 Å². The first kappa shape index (κ1) is 15.2. The molecule has 0 amide bonds. The number of ether oxygens (including phenoxy) is 1. The van der Waals surface area contributed by atoms with Gasteiger partial charge in [0.25, 0.3) is 0 Å². The molecule has 0 aliphatic carbocycles. The maximum absolute atomic E-state index is 11.6. The van der Waals surface area contributed by atoms with Crippen LogP contribution >= 0.6 is 0 Å². The standard InChI is InChI=1S/C13H19NO5/c1-8(2)6-10(13(17)18-3)14-7-9-4-5-19-11(9)12(15)16/h4-5,8,10,14H,6-7H2,1-3H3,(H,15,16). The van der Waals surface area contributed by atoms with E-state index >= 15 is 0 Å². The molecule has 2 N–H and O–H groups in total. The average molecular weight is 269 g/mol. The molecular formula is C13H19NO5. The van der Waals surface area contributed by atoms with E-state index in [-0.39, 0.29) is 18.3 Å². The highest BCUT2D eigenvalue weighted by Gasteiger charge is 2.21. The highest BCUT2D eigenvalue weighted by molar-refractivity contribution is 5.86. The predicted molar refractivity (Wildman–Crippen MR) is 67.8 cm³/mol. The summed E-state index contributed by atoms with van der Waals surface area (Å²) in [6.45, 7) is 4.24. The fraction of sp³-hybridized carbons (Fsp3) is 0.538. The lowest BCUT2D eigenvalue weighted by Crippen LogP contribution is -2.38. The molecule has 19 heavy (non-hydrogen) atoms. The van der Waals surface area contributed by atoms with E-state index in [1.54, 1.807) is 6.07 Å². The lowest BCUT2D eigenvalue weighted by molar-refractivity contribution is -0.143. The summed E-state index contributed by atoms with van der Waals surface area (Å²) in [5, 5.41) is 11.9. The van der Waals surface area contributed by atoms with Crippen LogP contribution in [0, 0.1) is 5.92 Å². The molecule has 1 aromatic heterocycles. The molecule has 0 aliphatic rings. The van der Waals surface area contributed by atoms with E-state index in [0.717, 1.165) is 0 Å². The van der Waals surface area contributed by atoms with Crippen LogP contribution in [0.3, 0.4) is 0 Å². The molecule has 106 valence electrons. The fourth-order valence-electron chi connectivity index (χ4n) is 1.77. The Morgan fingerprint density at radius 1 is 1.47 bits per heavy atom. The lowest BCUT2D eigenvalue weighted by Gasteiger charge is -2.18. The van der Waals surface area contributed by atoms with Crippen molar-refractivity contribution in [3.8, 4) is 0 Å². The minimum absolute atomic E-state index is 0.110. The van der Waals surface area contributed by atoms with Gasteiger partial charge in [-0.15, -0.1) is 0 Å². The summed E-state index contributed by atoms with van der Waals surface area (Å²) in [7, 11) is 1.33. The topological polar surface area (TPSA) is 88.8 Å². The Bertz CT molecular complexity index is 438. The number of carboxylic acid groups (broad SMARTS) is 1. The Hall–Kier alpha value is -1.82. The molecule has 1 heterocycles. The van der Waals surface area contributed by atoms with Gasteiger partial charge in [0, 0.05) is 12.1 Å². The number of nitrogens with one attached hydrogen (secondary N) is 1. The van der Waals surface area contributed by atoms with Gasteiger partial charge in [-0.25, -0.2) is 4.79 Å². The number of carboxylic acids is 1. The largest absolute Gasteiger partial charge is 0.475 e. The Labute approximate surface area is 111 Å². The van der Waals surface area contributed by atoms with E-state index in [9.17, 15) is 9.59 Å². The quantitative estimate of drug-likeness (QED) is 0.732. The van der Waals surface area contributed by atoms with Crippen LogP contribution in [-0.4, -0.2) is 30.2 Å². The summed E-state index contributed by atoms with van der Waals surface area (Å²) in [5.74, 6) is -1.27. The van der Waals surface area contributed by atoms with Crippen molar-refractivity contribution in [2.24, 2.45) is 5.92 Å². The van der Waals surface area contributed by atoms with Gasteiger partial charge < -0.3 is 19.6 Å². The summed E-state index contributed by atoms with van der Waals surface area (Å²) in [5.41, 5.74) is 0.505. The van der Waals surface area contributed by atoms with E-state index in [1.165, 1.54) is 13.4 Å². The molecule has 6 heteroatoms. The molecule has 0 saturated heterocycles. The first-order valence-electron chi connectivity index (χ1n) is 6.06. The third kappa shape index (κ3) is 4.40. The zero-order valence-corrected chi connectivity index (χ0v) is 11.3. The Kier molecular flexibility index (Phi) is 5.57. The summed E-state index contributed by atoms with van der Waals surface area (Å²) >= 11 is 0. The maximum Gasteiger partial charge on any atom is 0.372 e. The minimum Gasteiger partial charge on any atom is -0.475 e. The average Bonchev–Trinajstić information content (AvgIpc) is 2.81. The van der Waals surface area contributed by atoms with Crippen LogP contribution in [-0.2, 0) is 16.1 Å². The molecule has 0 aromatic carbocycles. The van der Waals surface area contributed by atoms with Crippen molar-refractivity contribution in [1.29, 1.82) is 0 Å². The summed E-state index contributed by atoms with van der Waals surface area (Å²) in [6.07, 6.45) is 1.93. The van der Waals surface area contributed by atoms with Gasteiger partial charge in [0.05, 0.1) is 13.4 Å². The first-order valence-corrected chi connectivity index (χ1v) is 6.06. The monoisotopic (exact) mass is 269 g/mol. The lowest BCUT2D eigenvalue weighted by atomic mass is 10.0. The summed E-state index contributed by atoms with van der Waals surface area (Å²) in [6, 6.07) is 1.11. The third-order valence-electron chi connectivity index (χ3n) is 2.67. The molecule has 1 unspecified atom stereocenters. The van der Waals surface area contributed by atoms with Crippen LogP contribution in [0.25, 0.3) is 0 Å². The van der Waals surface area contributed by atoms with Gasteiger partial charge in [-0.1, -0.05) is 13.8 Å². The van der Waals surface area contributed by atoms with Gasteiger partial charge in [-0.2, -0.15) is 0 Å². The smallest absolute Gasteiger partial charge is 0.372 e. The van der Waals surface area contributed by atoms with Gasteiger partial charge in [-0.05, 0) is 18.4 Å². The van der Waals surface area contributed by atoms with Crippen molar-refractivity contribution in [3.05, 3.63) is 23.7 Å². The number of carbonyl (C=O) groups is 2. The summed E-state index contributed by atoms with van der Waals surface area (Å²) < 4.78 is 9.59. The van der Waals surface area contributed by atoms with Crippen LogP contribution in [0.5, 0.6) is 0 Å². The van der Waals surface area contributed by atoms with E-state index in [1.807, 2.05) is 13.8 Å². The molecule has 0 aliphatic heterocycles. The van der Waals surface area contributed by atoms with Crippen LogP contribution < -0.4 is 5.32 Å². The number of hydrogen-bond donors (Lipinski definition) is 2. The number of methoxy groups -OCH3 is 1. The molecule has 0 radical (unpaired) electrons. The minimum atomic E-state index is -1.12. The van der Waals surface area contributed by atoms with Crippen molar-refractivity contribution >= 4 is 11.9 Å². The molecule has 1 aromatic rings. The number of rotatable bonds is 7. The molecular weight excluding hydrogens is 250 g/mol. The second kappa shape index (κ2) is 6.94. The highest BCUT2D eigenvalue weighted by Crippen LogP contribution is 2.12. The molecule has 0 spiro atoms. The van der Waals surface area contributed by atoms with Crippen molar-refractivity contribution in [2.75, 3.05) is 7.11 Å². The predicted octanol–water partition coefficient (Wildman–Crippen LogP) is 1.66. The van der Waals surface area contributed by atoms with E-state index in [2.05, 4.69) is 5.32 Å². The van der Waals surface area contributed by atoms with Crippen LogP contribution in [0.1, 0.15) is 36.4 Å². The van der Waals surface area contributed by atoms with Gasteiger partial charge >= 0.3 is 11.9 Å². The zero-order valence-electron chi connectivity index (χ0n) is 11.3. The highest BCUT2D eigenvalue weighted by atomic mass is 16.5. The number of carbonyl (C=O) groups excluding carboxylic acids is 1.